The summed E-state index contributed by atoms with van der Waals surface area (Å²) in [7, 11) is 3.19. The van der Waals surface area contributed by atoms with E-state index < -0.39 is 0 Å². The average molecular weight is 266 g/mol. The second-order valence-corrected chi connectivity index (χ2v) is 4.59. The Morgan fingerprint density at radius 2 is 1.94 bits per heavy atom. The highest BCUT2D eigenvalue weighted by Crippen LogP contribution is 2.32. The van der Waals surface area contributed by atoms with E-state index in [0.29, 0.717) is 22.6 Å². The van der Waals surface area contributed by atoms with Crippen LogP contribution in [0.25, 0.3) is 11.5 Å². The van der Waals surface area contributed by atoms with Crippen LogP contribution in [-0.4, -0.2) is 30.2 Å². The third kappa shape index (κ3) is 2.59. The van der Waals surface area contributed by atoms with E-state index in [1.807, 2.05) is 25.1 Å². The first-order valence-electron chi connectivity index (χ1n) is 5.47. The van der Waals surface area contributed by atoms with Crippen LogP contribution in [0.3, 0.4) is 0 Å². The molecule has 1 heterocycles. The molecule has 0 amide bonds. The molecule has 0 spiro atoms. The Morgan fingerprint density at radius 3 is 2.61 bits per heavy atom. The lowest BCUT2D eigenvalue weighted by atomic mass is 10.2. The van der Waals surface area contributed by atoms with Gasteiger partial charge in [-0.15, -0.1) is 10.2 Å². The van der Waals surface area contributed by atoms with Crippen molar-refractivity contribution in [2.75, 3.05) is 20.0 Å². The normalized spacial score (nSPS) is 10.4. The molecule has 1 aromatic carbocycles. The average Bonchev–Trinajstić information content (AvgIpc) is 2.87. The first kappa shape index (κ1) is 12.8. The fourth-order valence-corrected chi connectivity index (χ4v) is 1.96. The largest absolute Gasteiger partial charge is 0.493 e. The summed E-state index contributed by atoms with van der Waals surface area (Å²) in [6, 6.07) is 5.48. The highest BCUT2D eigenvalue weighted by molar-refractivity contribution is 7.99. The maximum atomic E-state index is 5.53. The molecule has 0 saturated carbocycles. The fraction of sp³-hybridized carbons (Fsp3) is 0.333. The molecule has 0 atom stereocenters. The van der Waals surface area contributed by atoms with Crippen LogP contribution in [0.5, 0.6) is 11.5 Å². The summed E-state index contributed by atoms with van der Waals surface area (Å²) < 4.78 is 15.9. The van der Waals surface area contributed by atoms with Gasteiger partial charge in [0.25, 0.3) is 5.22 Å². The Labute approximate surface area is 110 Å². The van der Waals surface area contributed by atoms with Crippen molar-refractivity contribution in [3.63, 3.8) is 0 Å². The Morgan fingerprint density at radius 1 is 1.17 bits per heavy atom. The van der Waals surface area contributed by atoms with Crippen LogP contribution in [0.4, 0.5) is 0 Å². The Hall–Kier alpha value is -1.69. The van der Waals surface area contributed by atoms with Gasteiger partial charge >= 0.3 is 0 Å². The highest BCUT2D eigenvalue weighted by Gasteiger charge is 2.11. The SMILES string of the molecule is CCSc1nnc(-c2ccc(OC)c(OC)c2)o1. The van der Waals surface area contributed by atoms with Crippen molar-refractivity contribution in [2.45, 2.75) is 12.1 Å². The van der Waals surface area contributed by atoms with E-state index in [9.17, 15) is 0 Å². The molecular weight excluding hydrogens is 252 g/mol. The molecule has 0 saturated heterocycles. The first-order chi connectivity index (χ1) is 8.78. The van der Waals surface area contributed by atoms with E-state index in [-0.39, 0.29) is 0 Å². The molecule has 0 fully saturated rings. The third-order valence-electron chi connectivity index (χ3n) is 2.30. The zero-order valence-electron chi connectivity index (χ0n) is 10.5. The second kappa shape index (κ2) is 5.77. The van der Waals surface area contributed by atoms with E-state index in [2.05, 4.69) is 10.2 Å². The zero-order chi connectivity index (χ0) is 13.0. The van der Waals surface area contributed by atoms with E-state index in [1.54, 1.807) is 14.2 Å². The number of thioether (sulfide) groups is 1. The maximum absolute atomic E-state index is 5.53. The smallest absolute Gasteiger partial charge is 0.276 e. The quantitative estimate of drug-likeness (QED) is 0.776. The molecule has 0 aliphatic heterocycles. The van der Waals surface area contributed by atoms with Crippen LogP contribution in [0, 0.1) is 0 Å². The van der Waals surface area contributed by atoms with Gasteiger partial charge in [0.2, 0.25) is 5.89 Å². The second-order valence-electron chi connectivity index (χ2n) is 3.38. The number of hydrogen-bond acceptors (Lipinski definition) is 6. The molecule has 0 bridgehead atoms. The molecule has 5 nitrogen and oxygen atoms in total. The van der Waals surface area contributed by atoms with Crippen LogP contribution in [0.1, 0.15) is 6.92 Å². The van der Waals surface area contributed by atoms with Crippen LogP contribution < -0.4 is 9.47 Å². The summed E-state index contributed by atoms with van der Waals surface area (Å²) in [4.78, 5) is 0. The standard InChI is InChI=1S/C12H14N2O3S/c1-4-18-12-14-13-11(17-12)8-5-6-9(15-2)10(7-8)16-3/h5-7H,4H2,1-3H3. The molecule has 2 aromatic rings. The molecule has 0 radical (unpaired) electrons. The minimum atomic E-state index is 0.479. The minimum Gasteiger partial charge on any atom is -0.493 e. The summed E-state index contributed by atoms with van der Waals surface area (Å²) >= 11 is 1.51. The molecule has 6 heteroatoms. The number of benzene rings is 1. The first-order valence-corrected chi connectivity index (χ1v) is 6.45. The Bertz CT molecular complexity index is 528. The van der Waals surface area contributed by atoms with Crippen molar-refractivity contribution in [1.29, 1.82) is 0 Å². The van der Waals surface area contributed by atoms with Crippen LogP contribution in [0.15, 0.2) is 27.8 Å². The van der Waals surface area contributed by atoms with Gasteiger partial charge in [0.05, 0.1) is 14.2 Å². The zero-order valence-corrected chi connectivity index (χ0v) is 11.3. The number of ether oxygens (including phenoxy) is 2. The maximum Gasteiger partial charge on any atom is 0.276 e. The Balaban J connectivity index is 2.31. The molecule has 0 unspecified atom stereocenters. The van der Waals surface area contributed by atoms with Gasteiger partial charge in [-0.25, -0.2) is 0 Å². The van der Waals surface area contributed by atoms with Crippen molar-refractivity contribution in [2.24, 2.45) is 0 Å². The third-order valence-corrected chi connectivity index (χ3v) is 3.01. The highest BCUT2D eigenvalue weighted by atomic mass is 32.2. The minimum absolute atomic E-state index is 0.479. The topological polar surface area (TPSA) is 57.4 Å². The number of nitrogens with zero attached hydrogens (tertiary/aromatic N) is 2. The van der Waals surface area contributed by atoms with Crippen LogP contribution in [0.2, 0.25) is 0 Å². The summed E-state index contributed by atoms with van der Waals surface area (Å²) in [5, 5.41) is 8.53. The van der Waals surface area contributed by atoms with E-state index in [1.165, 1.54) is 11.8 Å². The van der Waals surface area contributed by atoms with Gasteiger partial charge < -0.3 is 13.9 Å². The van der Waals surface area contributed by atoms with Gasteiger partial charge in [0.1, 0.15) is 0 Å². The lowest BCUT2D eigenvalue weighted by Gasteiger charge is -2.07. The predicted molar refractivity (Wildman–Crippen MR) is 69.2 cm³/mol. The van der Waals surface area contributed by atoms with Gasteiger partial charge in [0, 0.05) is 5.56 Å². The van der Waals surface area contributed by atoms with Crippen LogP contribution >= 0.6 is 11.8 Å². The van der Waals surface area contributed by atoms with Crippen molar-refractivity contribution in [3.05, 3.63) is 18.2 Å². The lowest BCUT2D eigenvalue weighted by molar-refractivity contribution is 0.355. The molecule has 1 aromatic heterocycles. The number of hydrogen-bond donors (Lipinski definition) is 0. The van der Waals surface area contributed by atoms with E-state index in [4.69, 9.17) is 13.9 Å². The fourth-order valence-electron chi connectivity index (χ4n) is 1.48. The van der Waals surface area contributed by atoms with Gasteiger partial charge in [0.15, 0.2) is 11.5 Å². The molecule has 0 aliphatic rings. The van der Waals surface area contributed by atoms with E-state index in [0.717, 1.165) is 11.3 Å². The summed E-state index contributed by atoms with van der Waals surface area (Å²) in [5.74, 6) is 2.68. The van der Waals surface area contributed by atoms with Crippen LogP contribution in [-0.2, 0) is 0 Å². The molecule has 0 aliphatic carbocycles. The van der Waals surface area contributed by atoms with Crippen molar-refractivity contribution in [1.82, 2.24) is 10.2 Å². The number of rotatable bonds is 5. The monoisotopic (exact) mass is 266 g/mol. The summed E-state index contributed by atoms with van der Waals surface area (Å²) in [5.41, 5.74) is 0.808. The summed E-state index contributed by atoms with van der Waals surface area (Å²) in [6.07, 6.45) is 0. The van der Waals surface area contributed by atoms with Gasteiger partial charge in [-0.2, -0.15) is 0 Å². The lowest BCUT2D eigenvalue weighted by Crippen LogP contribution is -1.90. The molecular formula is C12H14N2O3S. The van der Waals surface area contributed by atoms with E-state index >= 15 is 0 Å². The summed E-state index contributed by atoms with van der Waals surface area (Å²) in [6.45, 7) is 2.03. The molecule has 2 rings (SSSR count). The Kier molecular flexibility index (Phi) is 4.09. The molecule has 18 heavy (non-hydrogen) atoms. The number of aromatic nitrogens is 2. The molecule has 96 valence electrons. The molecule has 0 N–H and O–H groups in total. The number of methoxy groups -OCH3 is 2. The van der Waals surface area contributed by atoms with Gasteiger partial charge in [-0.05, 0) is 24.0 Å². The predicted octanol–water partition coefficient (Wildman–Crippen LogP) is 2.87. The van der Waals surface area contributed by atoms with Crippen molar-refractivity contribution in [3.8, 4) is 23.0 Å². The van der Waals surface area contributed by atoms with Gasteiger partial charge in [-0.3, -0.25) is 0 Å². The van der Waals surface area contributed by atoms with Crippen molar-refractivity contribution < 1.29 is 13.9 Å². The van der Waals surface area contributed by atoms with Gasteiger partial charge in [-0.1, -0.05) is 18.7 Å². The van der Waals surface area contributed by atoms with Crippen molar-refractivity contribution >= 4 is 11.8 Å².